The number of ether oxygens (including phenoxy) is 1. The van der Waals surface area contributed by atoms with Crippen LogP contribution in [0.2, 0.25) is 6.04 Å². The summed E-state index contributed by atoms with van der Waals surface area (Å²) in [7, 11) is -2.34. The summed E-state index contributed by atoms with van der Waals surface area (Å²) in [5.41, 5.74) is -0.437. The fourth-order valence-corrected chi connectivity index (χ4v) is 8.55. The van der Waals surface area contributed by atoms with Gasteiger partial charge in [-0.05, 0) is 18.5 Å². The fraction of sp³-hybridized carbons (Fsp3) is 0.364. The Bertz CT molecular complexity index is 603. The highest BCUT2D eigenvalue weighted by atomic mass is 28.3. The van der Waals surface area contributed by atoms with Crippen molar-refractivity contribution in [1.82, 2.24) is 0 Å². The van der Waals surface area contributed by atoms with E-state index in [1.165, 1.54) is 10.4 Å². The third-order valence-corrected chi connectivity index (χ3v) is 10.1. The van der Waals surface area contributed by atoms with Crippen LogP contribution in [0.25, 0.3) is 0 Å². The van der Waals surface area contributed by atoms with Crippen molar-refractivity contribution in [3.63, 3.8) is 0 Å². The minimum atomic E-state index is -2.34. The monoisotopic (exact) mass is 370 g/mol. The number of aliphatic hydroxyl groups is 2. The number of unbranched alkanes of at least 4 members (excludes halogenated alkanes) is 1. The van der Waals surface area contributed by atoms with Gasteiger partial charge in [0.25, 0.3) is 0 Å². The quantitative estimate of drug-likeness (QED) is 0.363. The number of hydrogen-bond donors (Lipinski definition) is 2. The smallest absolute Gasteiger partial charge is 0.148 e. The van der Waals surface area contributed by atoms with E-state index in [1.807, 2.05) is 18.2 Å². The average Bonchev–Trinajstić information content (AvgIpc) is 2.70. The summed E-state index contributed by atoms with van der Waals surface area (Å²) in [4.78, 5) is 0. The predicted octanol–water partition coefficient (Wildman–Crippen LogP) is 2.86. The maximum absolute atomic E-state index is 11.4. The van der Waals surface area contributed by atoms with E-state index in [0.717, 1.165) is 18.9 Å². The van der Waals surface area contributed by atoms with Crippen molar-refractivity contribution in [2.45, 2.75) is 38.0 Å². The van der Waals surface area contributed by atoms with E-state index >= 15 is 0 Å². The summed E-state index contributed by atoms with van der Waals surface area (Å²) in [6.07, 6.45) is 6.22. The molecule has 26 heavy (non-hydrogen) atoms. The molecule has 0 spiro atoms. The maximum atomic E-state index is 11.4. The van der Waals surface area contributed by atoms with E-state index in [-0.39, 0.29) is 13.2 Å². The summed E-state index contributed by atoms with van der Waals surface area (Å²) >= 11 is 0. The highest BCUT2D eigenvalue weighted by Crippen LogP contribution is 2.22. The molecule has 0 aliphatic heterocycles. The molecule has 0 fully saturated rings. The molecule has 2 aromatic rings. The number of benzene rings is 2. The van der Waals surface area contributed by atoms with Crippen molar-refractivity contribution in [3.05, 3.63) is 73.0 Å². The van der Waals surface area contributed by atoms with Crippen LogP contribution in [0.5, 0.6) is 0 Å². The fourth-order valence-electron chi connectivity index (χ4n) is 3.51. The molecule has 3 nitrogen and oxygen atoms in total. The van der Waals surface area contributed by atoms with Crippen LogP contribution >= 0.6 is 0 Å². The molecule has 0 radical (unpaired) electrons. The summed E-state index contributed by atoms with van der Waals surface area (Å²) in [6.45, 7) is 2.47. The Morgan fingerprint density at radius 3 is 2.08 bits per heavy atom. The molecule has 2 N–H and O–H groups in total. The minimum absolute atomic E-state index is 0.00386. The normalized spacial score (nSPS) is 13.0. The minimum Gasteiger partial charge on any atom is -0.499 e. The standard InChI is InChI=1S/C22H30O3Si/c1-2-3-19-26(20-11-6-4-7-12-20,21-13-8-5-9-14-21)22(24)15-10-17-25-18-16-23/h4-14,17,22-24H,2-3,15-16,18-19H2,1H3/t22-/m1/s1. The molecule has 0 heterocycles. The van der Waals surface area contributed by atoms with E-state index in [9.17, 15) is 5.11 Å². The van der Waals surface area contributed by atoms with E-state index < -0.39 is 13.8 Å². The van der Waals surface area contributed by atoms with Crippen LogP contribution in [-0.4, -0.2) is 37.2 Å². The van der Waals surface area contributed by atoms with Gasteiger partial charge in [-0.2, -0.15) is 0 Å². The van der Waals surface area contributed by atoms with E-state index in [1.54, 1.807) is 6.26 Å². The largest absolute Gasteiger partial charge is 0.499 e. The van der Waals surface area contributed by atoms with E-state index in [0.29, 0.717) is 6.42 Å². The predicted molar refractivity (Wildman–Crippen MR) is 110 cm³/mol. The van der Waals surface area contributed by atoms with E-state index in [2.05, 4.69) is 55.5 Å². The number of aliphatic hydroxyl groups excluding tert-OH is 2. The first-order valence-corrected chi connectivity index (χ1v) is 11.7. The Morgan fingerprint density at radius 2 is 1.58 bits per heavy atom. The summed E-state index contributed by atoms with van der Waals surface area (Å²) < 4.78 is 5.21. The molecule has 0 aliphatic carbocycles. The second kappa shape index (κ2) is 11.0. The zero-order valence-corrected chi connectivity index (χ0v) is 16.6. The van der Waals surface area contributed by atoms with Gasteiger partial charge in [0.2, 0.25) is 0 Å². The first-order chi connectivity index (χ1) is 12.8. The lowest BCUT2D eigenvalue weighted by molar-refractivity contribution is 0.164. The molecule has 2 aromatic carbocycles. The molecule has 140 valence electrons. The van der Waals surface area contributed by atoms with Crippen molar-refractivity contribution < 1.29 is 14.9 Å². The molecule has 0 saturated carbocycles. The lowest BCUT2D eigenvalue weighted by atomic mass is 10.3. The molecular formula is C22H30O3Si. The van der Waals surface area contributed by atoms with Gasteiger partial charge in [0.1, 0.15) is 14.7 Å². The Balaban J connectivity index is 2.40. The van der Waals surface area contributed by atoms with Crippen LogP contribution in [0.4, 0.5) is 0 Å². The van der Waals surface area contributed by atoms with Crippen LogP contribution in [0.15, 0.2) is 73.0 Å². The molecule has 0 saturated heterocycles. The first kappa shape index (κ1) is 20.4. The van der Waals surface area contributed by atoms with Gasteiger partial charge in [0.15, 0.2) is 0 Å². The maximum Gasteiger partial charge on any atom is 0.148 e. The third kappa shape index (κ3) is 5.07. The molecule has 4 heteroatoms. The zero-order valence-electron chi connectivity index (χ0n) is 15.6. The van der Waals surface area contributed by atoms with Gasteiger partial charge in [-0.25, -0.2) is 0 Å². The number of hydrogen-bond acceptors (Lipinski definition) is 3. The molecule has 2 rings (SSSR count). The zero-order chi connectivity index (χ0) is 18.7. The number of rotatable bonds is 11. The lowest BCUT2D eigenvalue weighted by Crippen LogP contribution is -2.66. The van der Waals surface area contributed by atoms with Crippen LogP contribution in [0, 0.1) is 0 Å². The van der Waals surface area contributed by atoms with Crippen LogP contribution < -0.4 is 10.4 Å². The Hall–Kier alpha value is -1.88. The van der Waals surface area contributed by atoms with Crippen molar-refractivity contribution in [2.75, 3.05) is 13.2 Å². The van der Waals surface area contributed by atoms with Gasteiger partial charge in [-0.15, -0.1) is 0 Å². The highest BCUT2D eigenvalue weighted by Gasteiger charge is 2.42. The molecular weight excluding hydrogens is 340 g/mol. The summed E-state index contributed by atoms with van der Waals surface area (Å²) in [5.74, 6) is 0. The molecule has 0 aliphatic rings. The van der Waals surface area contributed by atoms with Gasteiger partial charge < -0.3 is 14.9 Å². The van der Waals surface area contributed by atoms with Crippen molar-refractivity contribution >= 4 is 18.4 Å². The van der Waals surface area contributed by atoms with Crippen LogP contribution in [0.3, 0.4) is 0 Å². The summed E-state index contributed by atoms with van der Waals surface area (Å²) in [6, 6.07) is 22.0. The van der Waals surface area contributed by atoms with E-state index in [4.69, 9.17) is 9.84 Å². The van der Waals surface area contributed by atoms with Crippen molar-refractivity contribution in [3.8, 4) is 0 Å². The molecule has 0 amide bonds. The SMILES string of the molecule is CCCC[Si](c1ccccc1)(c1ccccc1)[C@@H](O)CC=COCCO. The van der Waals surface area contributed by atoms with Gasteiger partial charge in [-0.1, -0.05) is 90.8 Å². The lowest BCUT2D eigenvalue weighted by Gasteiger charge is -2.37. The first-order valence-electron chi connectivity index (χ1n) is 9.42. The van der Waals surface area contributed by atoms with Gasteiger partial charge in [-0.3, -0.25) is 0 Å². The van der Waals surface area contributed by atoms with Crippen LogP contribution in [-0.2, 0) is 4.74 Å². The third-order valence-electron chi connectivity index (χ3n) is 4.83. The molecule has 0 aromatic heterocycles. The highest BCUT2D eigenvalue weighted by molar-refractivity contribution is 7.03. The van der Waals surface area contributed by atoms with Crippen molar-refractivity contribution in [1.29, 1.82) is 0 Å². The average molecular weight is 371 g/mol. The molecule has 0 bridgehead atoms. The Kier molecular flexibility index (Phi) is 8.61. The second-order valence-corrected chi connectivity index (χ2v) is 10.8. The Labute approximate surface area is 158 Å². The van der Waals surface area contributed by atoms with Crippen LogP contribution in [0.1, 0.15) is 26.2 Å². The molecule has 0 unspecified atom stereocenters. The van der Waals surface area contributed by atoms with Gasteiger partial charge in [0.05, 0.1) is 18.6 Å². The molecule has 1 atom stereocenters. The summed E-state index contributed by atoms with van der Waals surface area (Å²) in [5, 5.41) is 22.7. The second-order valence-electron chi connectivity index (χ2n) is 6.52. The van der Waals surface area contributed by atoms with Gasteiger partial charge >= 0.3 is 0 Å². The Morgan fingerprint density at radius 1 is 1.00 bits per heavy atom. The topological polar surface area (TPSA) is 49.7 Å². The van der Waals surface area contributed by atoms with Crippen molar-refractivity contribution in [2.24, 2.45) is 0 Å². The van der Waals surface area contributed by atoms with Gasteiger partial charge in [0, 0.05) is 0 Å².